The quantitative estimate of drug-likeness (QED) is 0.158. The molecule has 0 saturated carbocycles. The summed E-state index contributed by atoms with van der Waals surface area (Å²) in [6.45, 7) is 1.09. The lowest BCUT2D eigenvalue weighted by Crippen LogP contribution is -2.46. The van der Waals surface area contributed by atoms with E-state index in [4.69, 9.17) is 19.3 Å². The molecule has 1 aromatic carbocycles. The molecule has 0 amide bonds. The smallest absolute Gasteiger partial charge is 0.349 e. The van der Waals surface area contributed by atoms with Crippen molar-refractivity contribution in [3.05, 3.63) is 44.1 Å². The molecule has 5 N–H and O–H groups in total. The minimum atomic E-state index is -1.40. The van der Waals surface area contributed by atoms with Gasteiger partial charge in [-0.1, -0.05) is 0 Å². The number of rotatable bonds is 11. The van der Waals surface area contributed by atoms with Crippen LogP contribution >= 0.6 is 0 Å². The van der Waals surface area contributed by atoms with Crippen LogP contribution in [0.15, 0.2) is 21.7 Å². The largest absolute Gasteiger partial charge is 0.388 e. The molecule has 0 fully saturated rings. The number of hydrogen-bond donors (Lipinski definition) is 5. The number of nitrogens with one attached hydrogen (secondary N) is 1. The molecular weight excluding hydrogens is 440 g/mol. The van der Waals surface area contributed by atoms with Gasteiger partial charge < -0.3 is 39.2 Å². The van der Waals surface area contributed by atoms with Gasteiger partial charge in [-0.15, -0.1) is 0 Å². The van der Waals surface area contributed by atoms with E-state index in [1.54, 1.807) is 12.1 Å². The van der Waals surface area contributed by atoms with Crippen molar-refractivity contribution in [2.75, 3.05) is 27.0 Å². The second-order valence-corrected chi connectivity index (χ2v) is 7.35. The predicted octanol–water partition coefficient (Wildman–Crippen LogP) is -1.80. The number of ether oxygens (including phenoxy) is 3. The van der Waals surface area contributed by atoms with Gasteiger partial charge in [0.05, 0.1) is 24.2 Å². The molecule has 0 aliphatic carbocycles. The van der Waals surface area contributed by atoms with Crippen LogP contribution < -0.4 is 11.2 Å². The highest BCUT2D eigenvalue weighted by Gasteiger charge is 2.32. The van der Waals surface area contributed by atoms with E-state index in [1.165, 1.54) is 4.57 Å². The Hall–Kier alpha value is -2.78. The van der Waals surface area contributed by atoms with Crippen molar-refractivity contribution in [1.82, 2.24) is 19.5 Å². The molecule has 2 aliphatic heterocycles. The molecule has 13 nitrogen and oxygen atoms in total. The summed E-state index contributed by atoms with van der Waals surface area (Å²) in [6.07, 6.45) is -3.69. The molecule has 3 rings (SSSR count). The van der Waals surface area contributed by atoms with Crippen molar-refractivity contribution >= 4 is 11.0 Å². The summed E-state index contributed by atoms with van der Waals surface area (Å²) in [4.78, 5) is 34.6. The van der Waals surface area contributed by atoms with E-state index in [9.17, 15) is 24.9 Å². The number of nitrogens with zero attached hydrogens (tertiary/aromatic N) is 3. The van der Waals surface area contributed by atoms with E-state index in [0.717, 1.165) is 11.1 Å². The third kappa shape index (κ3) is 5.42. The van der Waals surface area contributed by atoms with Gasteiger partial charge in [-0.05, 0) is 37.1 Å². The fourth-order valence-electron chi connectivity index (χ4n) is 3.58. The Morgan fingerprint density at radius 3 is 2.39 bits per heavy atom. The average molecular weight is 466 g/mol. The van der Waals surface area contributed by atoms with Crippen LogP contribution in [0.3, 0.4) is 0 Å². The molecule has 0 spiro atoms. The van der Waals surface area contributed by atoms with Gasteiger partial charge in [0.15, 0.2) is 11.5 Å². The minimum absolute atomic E-state index is 0.0486. The first-order chi connectivity index (χ1) is 15.8. The first kappa shape index (κ1) is 24.9. The Morgan fingerprint density at radius 2 is 1.73 bits per heavy atom. The normalized spacial score (nSPS) is 14.6. The van der Waals surface area contributed by atoms with Gasteiger partial charge in [0.2, 0.25) is 0 Å². The van der Waals surface area contributed by atoms with E-state index >= 15 is 0 Å². The number of hydrogen-bond acceptors (Lipinski definition) is 11. The van der Waals surface area contributed by atoms with Gasteiger partial charge in [0.1, 0.15) is 38.7 Å². The molecule has 180 valence electrons. The van der Waals surface area contributed by atoms with Crippen molar-refractivity contribution in [2.24, 2.45) is 0 Å². The highest BCUT2D eigenvalue weighted by atomic mass is 16.7. The van der Waals surface area contributed by atoms with Crippen LogP contribution in [-0.2, 0) is 20.8 Å². The molecule has 13 heteroatoms. The van der Waals surface area contributed by atoms with Gasteiger partial charge in [-0.2, -0.15) is 4.98 Å². The van der Waals surface area contributed by atoms with Gasteiger partial charge in [-0.25, -0.2) is 9.78 Å². The monoisotopic (exact) mass is 466 g/mol. The van der Waals surface area contributed by atoms with E-state index in [2.05, 4.69) is 15.0 Å². The Labute approximate surface area is 187 Å². The molecule has 0 radical (unpaired) electrons. The van der Waals surface area contributed by atoms with E-state index in [1.807, 2.05) is 13.8 Å². The third-order valence-corrected chi connectivity index (χ3v) is 5.27. The first-order valence-corrected chi connectivity index (χ1v) is 10.0. The Bertz CT molecular complexity index is 1180. The highest BCUT2D eigenvalue weighted by Crippen LogP contribution is 2.25. The van der Waals surface area contributed by atoms with Crippen molar-refractivity contribution < 1.29 is 34.6 Å². The van der Waals surface area contributed by atoms with Crippen molar-refractivity contribution in [3.63, 3.8) is 0 Å². The molecule has 2 aliphatic rings. The summed E-state index contributed by atoms with van der Waals surface area (Å²) in [6, 6.07) is 3.56. The lowest BCUT2D eigenvalue weighted by atomic mass is 10.1. The van der Waals surface area contributed by atoms with E-state index < -0.39 is 49.9 Å². The van der Waals surface area contributed by atoms with E-state index in [-0.39, 0.29) is 24.7 Å². The number of H-pyrrole nitrogens is 1. The zero-order valence-electron chi connectivity index (χ0n) is 18.1. The lowest BCUT2D eigenvalue weighted by Gasteiger charge is -2.31. The molecule has 0 saturated heterocycles. The highest BCUT2D eigenvalue weighted by molar-refractivity contribution is 5.81. The average Bonchev–Trinajstić information content (AvgIpc) is 2.77. The zero-order valence-corrected chi connectivity index (χ0v) is 18.1. The fraction of sp³-hybridized carbons (Fsp3) is 0.500. The van der Waals surface area contributed by atoms with Gasteiger partial charge in [0, 0.05) is 0 Å². The van der Waals surface area contributed by atoms with Crippen LogP contribution in [0.25, 0.3) is 22.6 Å². The first-order valence-electron chi connectivity index (χ1n) is 10.0. The third-order valence-electron chi connectivity index (χ3n) is 5.27. The summed E-state index contributed by atoms with van der Waals surface area (Å²) >= 11 is 0. The molecule has 1 aromatic rings. The molecule has 0 aromatic heterocycles. The van der Waals surface area contributed by atoms with E-state index in [0.29, 0.717) is 11.0 Å². The summed E-state index contributed by atoms with van der Waals surface area (Å²) in [5.74, 6) is -0.0486. The van der Waals surface area contributed by atoms with Crippen molar-refractivity contribution in [2.45, 2.75) is 38.7 Å². The maximum Gasteiger partial charge on any atom is 0.349 e. The number of aryl methyl sites for hydroxylation is 2. The Balaban J connectivity index is 2.14. The Kier molecular flexibility index (Phi) is 8.20. The van der Waals surface area contributed by atoms with Crippen LogP contribution in [-0.4, -0.2) is 85.2 Å². The van der Waals surface area contributed by atoms with Crippen LogP contribution in [0.2, 0.25) is 0 Å². The van der Waals surface area contributed by atoms with Crippen LogP contribution in [0.1, 0.15) is 11.1 Å². The number of aromatic amines is 1. The van der Waals surface area contributed by atoms with Crippen LogP contribution in [0.4, 0.5) is 0 Å². The summed E-state index contributed by atoms with van der Waals surface area (Å²) in [5, 5.41) is 38.5. The SMILES string of the molecule is Cc1cc2nc3c(=O)[nH]c(=O)nc-3n(C[C@H](O)[C@H](OCO)[C@@H](COCO)OCO)c2cc1C. The maximum atomic E-state index is 12.4. The van der Waals surface area contributed by atoms with Gasteiger partial charge in [-0.3, -0.25) is 9.78 Å². The van der Waals surface area contributed by atoms with Gasteiger partial charge >= 0.3 is 5.69 Å². The summed E-state index contributed by atoms with van der Waals surface area (Å²) in [7, 11) is 0. The predicted molar refractivity (Wildman–Crippen MR) is 113 cm³/mol. The second kappa shape index (κ2) is 10.9. The number of aliphatic hydroxyl groups is 4. The summed E-state index contributed by atoms with van der Waals surface area (Å²) in [5.41, 5.74) is 1.07. The topological polar surface area (TPSA) is 189 Å². The summed E-state index contributed by atoms with van der Waals surface area (Å²) < 4.78 is 16.7. The molecular formula is C20H26N4O9. The Morgan fingerprint density at radius 1 is 1.03 bits per heavy atom. The fourth-order valence-corrected chi connectivity index (χ4v) is 3.58. The van der Waals surface area contributed by atoms with Gasteiger partial charge in [0.25, 0.3) is 5.56 Å². The van der Waals surface area contributed by atoms with Crippen molar-refractivity contribution in [1.29, 1.82) is 0 Å². The van der Waals surface area contributed by atoms with Crippen molar-refractivity contribution in [3.8, 4) is 11.5 Å². The standard InChI is InChI=1S/C20H26N4O9/c1-10-3-12-13(4-11(10)2)24(18-16(21-12)19(29)23-20(30)22-18)5-14(28)17(33-9-27)15(32-8-26)6-31-7-25/h3-4,14-15,17,25-28H,5-9H2,1-2H3,(H,23,29,30)/t14-,15+,17-/m0/s1. The second-order valence-electron chi connectivity index (χ2n) is 7.35. The number of aromatic nitrogens is 4. The zero-order chi connectivity index (χ0) is 24.1. The molecule has 2 heterocycles. The van der Waals surface area contributed by atoms with Crippen LogP contribution in [0.5, 0.6) is 0 Å². The molecule has 0 unspecified atom stereocenters. The van der Waals surface area contributed by atoms with Crippen LogP contribution in [0, 0.1) is 13.8 Å². The molecule has 3 atom stereocenters. The molecule has 0 bridgehead atoms. The number of aliphatic hydroxyl groups excluding tert-OH is 4. The number of fused-ring (bicyclic) bond motifs is 2. The minimum Gasteiger partial charge on any atom is -0.388 e. The molecule has 33 heavy (non-hydrogen) atoms. The maximum absolute atomic E-state index is 12.4. The lowest BCUT2D eigenvalue weighted by molar-refractivity contribution is -0.196. The number of benzene rings is 1.